The van der Waals surface area contributed by atoms with Crippen molar-refractivity contribution in [3.05, 3.63) is 70.1 Å². The highest BCUT2D eigenvalue weighted by Crippen LogP contribution is 2.30. The average molecular weight is 337 g/mol. The summed E-state index contributed by atoms with van der Waals surface area (Å²) in [5, 5.41) is 0.939. The minimum atomic E-state index is -0.338. The SMILES string of the molecule is COCC(CN)Cc1ccc2c(-c3ccccc3C)cc(=O)oc2c1. The Morgan fingerprint density at radius 1 is 1.12 bits per heavy atom. The van der Waals surface area contributed by atoms with Gasteiger partial charge in [0.25, 0.3) is 0 Å². The molecule has 1 atom stereocenters. The molecular formula is C21H23NO3. The van der Waals surface area contributed by atoms with E-state index in [2.05, 4.69) is 6.07 Å². The molecule has 0 amide bonds. The van der Waals surface area contributed by atoms with Gasteiger partial charge in [-0.1, -0.05) is 36.4 Å². The van der Waals surface area contributed by atoms with E-state index in [0.717, 1.165) is 34.1 Å². The average Bonchev–Trinajstić information content (AvgIpc) is 2.61. The molecule has 2 N–H and O–H groups in total. The van der Waals surface area contributed by atoms with Crippen LogP contribution in [0.25, 0.3) is 22.1 Å². The largest absolute Gasteiger partial charge is 0.423 e. The van der Waals surface area contributed by atoms with Gasteiger partial charge in [0.1, 0.15) is 5.58 Å². The lowest BCUT2D eigenvalue weighted by molar-refractivity contribution is 0.155. The molecule has 0 saturated heterocycles. The lowest BCUT2D eigenvalue weighted by Crippen LogP contribution is -2.21. The molecular weight excluding hydrogens is 314 g/mol. The Hall–Kier alpha value is -2.43. The van der Waals surface area contributed by atoms with Gasteiger partial charge in [-0.3, -0.25) is 0 Å². The smallest absolute Gasteiger partial charge is 0.336 e. The van der Waals surface area contributed by atoms with Gasteiger partial charge in [-0.2, -0.15) is 0 Å². The molecule has 1 heterocycles. The van der Waals surface area contributed by atoms with E-state index >= 15 is 0 Å². The minimum Gasteiger partial charge on any atom is -0.423 e. The lowest BCUT2D eigenvalue weighted by Gasteiger charge is -2.14. The van der Waals surface area contributed by atoms with E-state index in [0.29, 0.717) is 18.7 Å². The van der Waals surface area contributed by atoms with Crippen molar-refractivity contribution in [2.75, 3.05) is 20.3 Å². The van der Waals surface area contributed by atoms with Gasteiger partial charge in [-0.25, -0.2) is 4.79 Å². The summed E-state index contributed by atoms with van der Waals surface area (Å²) in [5.41, 5.74) is 10.2. The molecule has 0 aliphatic rings. The highest BCUT2D eigenvalue weighted by Gasteiger charge is 2.12. The molecule has 130 valence electrons. The molecule has 2 aromatic carbocycles. The Morgan fingerprint density at radius 2 is 1.92 bits per heavy atom. The molecule has 25 heavy (non-hydrogen) atoms. The van der Waals surface area contributed by atoms with Crippen molar-refractivity contribution in [2.45, 2.75) is 13.3 Å². The van der Waals surface area contributed by atoms with Crippen molar-refractivity contribution in [3.8, 4) is 11.1 Å². The summed E-state index contributed by atoms with van der Waals surface area (Å²) < 4.78 is 10.7. The number of benzene rings is 2. The van der Waals surface area contributed by atoms with Crippen molar-refractivity contribution in [2.24, 2.45) is 11.7 Å². The zero-order chi connectivity index (χ0) is 17.8. The van der Waals surface area contributed by atoms with Gasteiger partial charge in [-0.15, -0.1) is 0 Å². The second kappa shape index (κ2) is 7.64. The van der Waals surface area contributed by atoms with Crippen LogP contribution in [0.1, 0.15) is 11.1 Å². The molecule has 0 fully saturated rings. The summed E-state index contributed by atoms with van der Waals surface area (Å²) in [6, 6.07) is 15.6. The van der Waals surface area contributed by atoms with Crippen LogP contribution in [0.15, 0.2) is 57.7 Å². The van der Waals surface area contributed by atoms with E-state index in [1.807, 2.05) is 43.3 Å². The van der Waals surface area contributed by atoms with Crippen LogP contribution in [-0.4, -0.2) is 20.3 Å². The van der Waals surface area contributed by atoms with Crippen LogP contribution in [0.3, 0.4) is 0 Å². The van der Waals surface area contributed by atoms with Gasteiger partial charge < -0.3 is 14.9 Å². The van der Waals surface area contributed by atoms with Crippen molar-refractivity contribution in [1.82, 2.24) is 0 Å². The van der Waals surface area contributed by atoms with E-state index in [1.54, 1.807) is 13.2 Å². The van der Waals surface area contributed by atoms with E-state index < -0.39 is 0 Å². The Bertz CT molecular complexity index is 930. The summed E-state index contributed by atoms with van der Waals surface area (Å²) in [5.74, 6) is 0.244. The molecule has 0 bridgehead atoms. The summed E-state index contributed by atoms with van der Waals surface area (Å²) in [6.07, 6.45) is 0.790. The predicted octanol–water partition coefficient (Wildman–Crippen LogP) is 3.53. The van der Waals surface area contributed by atoms with Crippen LogP contribution in [0, 0.1) is 12.8 Å². The van der Waals surface area contributed by atoms with Gasteiger partial charge >= 0.3 is 5.63 Å². The Morgan fingerprint density at radius 3 is 2.64 bits per heavy atom. The maximum absolute atomic E-state index is 12.1. The summed E-state index contributed by atoms with van der Waals surface area (Å²) >= 11 is 0. The predicted molar refractivity (Wildman–Crippen MR) is 101 cm³/mol. The third-order valence-corrected chi connectivity index (χ3v) is 4.50. The van der Waals surface area contributed by atoms with Crippen LogP contribution in [0.2, 0.25) is 0 Å². The number of hydrogen-bond acceptors (Lipinski definition) is 4. The number of ether oxygens (including phenoxy) is 1. The number of hydrogen-bond donors (Lipinski definition) is 1. The molecule has 0 aliphatic carbocycles. The molecule has 1 unspecified atom stereocenters. The number of aryl methyl sites for hydroxylation is 1. The van der Waals surface area contributed by atoms with Crippen molar-refractivity contribution in [1.29, 1.82) is 0 Å². The number of methoxy groups -OCH3 is 1. The molecule has 0 saturated carbocycles. The Kier molecular flexibility index (Phi) is 5.31. The molecule has 3 aromatic rings. The monoisotopic (exact) mass is 337 g/mol. The second-order valence-corrected chi connectivity index (χ2v) is 6.39. The molecule has 4 nitrogen and oxygen atoms in total. The summed E-state index contributed by atoms with van der Waals surface area (Å²) in [7, 11) is 1.68. The third kappa shape index (κ3) is 3.81. The molecule has 0 aliphatic heterocycles. The van der Waals surface area contributed by atoms with Crippen LogP contribution in [0.5, 0.6) is 0 Å². The molecule has 0 spiro atoms. The van der Waals surface area contributed by atoms with E-state index in [9.17, 15) is 4.79 Å². The van der Waals surface area contributed by atoms with Crippen LogP contribution in [0.4, 0.5) is 0 Å². The number of rotatable bonds is 6. The van der Waals surface area contributed by atoms with Gasteiger partial charge in [0, 0.05) is 24.1 Å². The second-order valence-electron chi connectivity index (χ2n) is 6.39. The zero-order valence-corrected chi connectivity index (χ0v) is 14.6. The maximum Gasteiger partial charge on any atom is 0.336 e. The first-order valence-electron chi connectivity index (χ1n) is 8.44. The minimum absolute atomic E-state index is 0.244. The molecule has 3 rings (SSSR count). The Labute approximate surface area is 147 Å². The van der Waals surface area contributed by atoms with Crippen molar-refractivity contribution >= 4 is 11.0 Å². The normalized spacial score (nSPS) is 12.4. The summed E-state index contributed by atoms with van der Waals surface area (Å²) in [6.45, 7) is 3.21. The van der Waals surface area contributed by atoms with Gasteiger partial charge in [0.05, 0.1) is 6.61 Å². The topological polar surface area (TPSA) is 65.5 Å². The van der Waals surface area contributed by atoms with E-state index in [4.69, 9.17) is 14.9 Å². The van der Waals surface area contributed by atoms with Gasteiger partial charge in [0.2, 0.25) is 0 Å². The first-order chi connectivity index (χ1) is 12.1. The number of nitrogens with two attached hydrogens (primary N) is 1. The third-order valence-electron chi connectivity index (χ3n) is 4.50. The highest BCUT2D eigenvalue weighted by molar-refractivity contribution is 5.94. The zero-order valence-electron chi connectivity index (χ0n) is 14.6. The standard InChI is InChI=1S/C21H23NO3/c1-14-5-3-4-6-17(14)19-11-21(23)25-20-10-15(7-8-18(19)20)9-16(12-22)13-24-2/h3-8,10-11,16H,9,12-13,22H2,1-2H3. The van der Waals surface area contributed by atoms with Crippen molar-refractivity contribution in [3.63, 3.8) is 0 Å². The fourth-order valence-electron chi connectivity index (χ4n) is 3.21. The van der Waals surface area contributed by atoms with Crippen molar-refractivity contribution < 1.29 is 9.15 Å². The molecule has 4 heteroatoms. The van der Waals surface area contributed by atoms with Gasteiger partial charge in [0.15, 0.2) is 0 Å². The highest BCUT2D eigenvalue weighted by atomic mass is 16.5. The fourth-order valence-corrected chi connectivity index (χ4v) is 3.21. The summed E-state index contributed by atoms with van der Waals surface area (Å²) in [4.78, 5) is 12.1. The quantitative estimate of drug-likeness (QED) is 0.699. The van der Waals surface area contributed by atoms with Gasteiger partial charge in [-0.05, 0) is 48.6 Å². The fraction of sp³-hybridized carbons (Fsp3) is 0.286. The maximum atomic E-state index is 12.1. The molecule has 1 aromatic heterocycles. The van der Waals surface area contributed by atoms with Crippen LogP contribution < -0.4 is 11.4 Å². The van der Waals surface area contributed by atoms with E-state index in [1.165, 1.54) is 0 Å². The Balaban J connectivity index is 2.07. The lowest BCUT2D eigenvalue weighted by atomic mass is 9.95. The van der Waals surface area contributed by atoms with Crippen LogP contribution in [-0.2, 0) is 11.2 Å². The van der Waals surface area contributed by atoms with Crippen LogP contribution >= 0.6 is 0 Å². The molecule has 0 radical (unpaired) electrons. The number of fused-ring (bicyclic) bond motifs is 1. The first kappa shape index (κ1) is 17.4. The van der Waals surface area contributed by atoms with E-state index in [-0.39, 0.29) is 11.5 Å². The first-order valence-corrected chi connectivity index (χ1v) is 8.44.